The van der Waals surface area contributed by atoms with Gasteiger partial charge in [-0.05, 0) is 29.1 Å². The first-order valence-corrected chi connectivity index (χ1v) is 5.11. The molecule has 0 amide bonds. The van der Waals surface area contributed by atoms with E-state index in [1.807, 2.05) is 30.3 Å². The van der Waals surface area contributed by atoms with Crippen LogP contribution in [-0.2, 0) is 11.2 Å². The van der Waals surface area contributed by atoms with Gasteiger partial charge in [0, 0.05) is 9.58 Å². The van der Waals surface area contributed by atoms with E-state index in [-0.39, 0.29) is 5.24 Å². The second-order valence-electron chi connectivity index (χ2n) is 2.78. The van der Waals surface area contributed by atoms with Crippen molar-refractivity contribution in [1.82, 2.24) is 0 Å². The summed E-state index contributed by atoms with van der Waals surface area (Å²) in [6.07, 6.45) is 0.334. The maximum Gasteiger partial charge on any atom is 0.226 e. The third kappa shape index (κ3) is 1.90. The molecule has 0 aliphatic carbocycles. The number of fused-ring (bicyclic) bond motifs is 1. The second-order valence-corrected chi connectivity index (χ2v) is 4.37. The smallest absolute Gasteiger partial charge is 0.226 e. The van der Waals surface area contributed by atoms with E-state index in [0.717, 1.165) is 4.88 Å². The van der Waals surface area contributed by atoms with E-state index < -0.39 is 0 Å². The summed E-state index contributed by atoms with van der Waals surface area (Å²) in [4.78, 5) is 11.7. The van der Waals surface area contributed by atoms with Gasteiger partial charge in [-0.1, -0.05) is 18.2 Å². The van der Waals surface area contributed by atoms with Gasteiger partial charge in [-0.2, -0.15) is 0 Å². The minimum absolute atomic E-state index is 0.299. The van der Waals surface area contributed by atoms with Gasteiger partial charge < -0.3 is 0 Å². The standard InChI is InChI=1S/C10H7ClOS/c11-10(12)6-8-5-7-3-1-2-4-9(7)13-8/h1-5H,6H2. The number of carbonyl (C=O) groups is 1. The highest BCUT2D eigenvalue weighted by atomic mass is 35.5. The fourth-order valence-electron chi connectivity index (χ4n) is 1.26. The van der Waals surface area contributed by atoms with Gasteiger partial charge in [0.25, 0.3) is 0 Å². The summed E-state index contributed by atoms with van der Waals surface area (Å²) in [6.45, 7) is 0. The van der Waals surface area contributed by atoms with Crippen LogP contribution in [0.2, 0.25) is 0 Å². The van der Waals surface area contributed by atoms with E-state index in [1.54, 1.807) is 11.3 Å². The molecule has 1 aromatic heterocycles. The molecule has 13 heavy (non-hydrogen) atoms. The van der Waals surface area contributed by atoms with E-state index in [9.17, 15) is 4.79 Å². The lowest BCUT2D eigenvalue weighted by Gasteiger charge is -1.84. The number of hydrogen-bond acceptors (Lipinski definition) is 2. The van der Waals surface area contributed by atoms with E-state index in [1.165, 1.54) is 10.1 Å². The molecular weight excluding hydrogens is 204 g/mol. The van der Waals surface area contributed by atoms with E-state index in [0.29, 0.717) is 6.42 Å². The Morgan fingerprint density at radius 1 is 1.38 bits per heavy atom. The first-order chi connectivity index (χ1) is 6.25. The molecule has 0 unspecified atom stereocenters. The number of hydrogen-bond donors (Lipinski definition) is 0. The molecule has 0 aliphatic heterocycles. The lowest BCUT2D eigenvalue weighted by Crippen LogP contribution is -1.88. The predicted molar refractivity (Wildman–Crippen MR) is 56.4 cm³/mol. The monoisotopic (exact) mass is 210 g/mol. The van der Waals surface area contributed by atoms with Crippen molar-refractivity contribution in [2.45, 2.75) is 6.42 Å². The molecule has 0 N–H and O–H groups in total. The zero-order chi connectivity index (χ0) is 9.26. The number of carbonyl (C=O) groups excluding carboxylic acids is 1. The predicted octanol–water partition coefficient (Wildman–Crippen LogP) is 3.21. The molecule has 0 radical (unpaired) electrons. The van der Waals surface area contributed by atoms with Crippen molar-refractivity contribution in [2.24, 2.45) is 0 Å². The molecule has 0 aliphatic rings. The van der Waals surface area contributed by atoms with Crippen molar-refractivity contribution >= 4 is 38.3 Å². The molecule has 0 bridgehead atoms. The average Bonchev–Trinajstić information content (AvgIpc) is 2.44. The fourth-order valence-corrected chi connectivity index (χ4v) is 2.55. The Balaban J connectivity index is 2.44. The Kier molecular flexibility index (Phi) is 2.34. The first kappa shape index (κ1) is 8.73. The van der Waals surface area contributed by atoms with Gasteiger partial charge in [0.2, 0.25) is 5.24 Å². The van der Waals surface area contributed by atoms with Gasteiger partial charge >= 0.3 is 0 Å². The van der Waals surface area contributed by atoms with Crippen LogP contribution in [0.25, 0.3) is 10.1 Å². The molecule has 1 heterocycles. The number of thiophene rings is 1. The highest BCUT2D eigenvalue weighted by Gasteiger charge is 2.03. The SMILES string of the molecule is O=C(Cl)Cc1cc2ccccc2s1. The summed E-state index contributed by atoms with van der Waals surface area (Å²) < 4.78 is 1.20. The van der Waals surface area contributed by atoms with Crippen molar-refractivity contribution in [3.8, 4) is 0 Å². The summed E-state index contributed by atoms with van der Waals surface area (Å²) in [7, 11) is 0. The maximum atomic E-state index is 10.7. The van der Waals surface area contributed by atoms with Crippen molar-refractivity contribution in [3.05, 3.63) is 35.2 Å². The van der Waals surface area contributed by atoms with Crippen LogP contribution in [0.1, 0.15) is 4.88 Å². The normalized spacial score (nSPS) is 10.5. The molecule has 0 atom stereocenters. The molecule has 0 saturated carbocycles. The Bertz CT molecular complexity index is 414. The van der Waals surface area contributed by atoms with Crippen molar-refractivity contribution in [3.63, 3.8) is 0 Å². The fraction of sp³-hybridized carbons (Fsp3) is 0.100. The molecule has 66 valence electrons. The van der Waals surface area contributed by atoms with Crippen LogP contribution in [0.15, 0.2) is 30.3 Å². The van der Waals surface area contributed by atoms with Crippen molar-refractivity contribution in [2.75, 3.05) is 0 Å². The number of halogens is 1. The van der Waals surface area contributed by atoms with Crippen LogP contribution in [0.3, 0.4) is 0 Å². The Morgan fingerprint density at radius 3 is 2.85 bits per heavy atom. The van der Waals surface area contributed by atoms with Crippen LogP contribution in [0.5, 0.6) is 0 Å². The Morgan fingerprint density at radius 2 is 2.15 bits per heavy atom. The lowest BCUT2D eigenvalue weighted by molar-refractivity contribution is -0.111. The molecule has 2 rings (SSSR count). The molecule has 1 nitrogen and oxygen atoms in total. The van der Waals surface area contributed by atoms with Crippen LogP contribution >= 0.6 is 22.9 Å². The number of benzene rings is 1. The largest absolute Gasteiger partial charge is 0.281 e. The summed E-state index contributed by atoms with van der Waals surface area (Å²) in [6, 6.07) is 10.1. The van der Waals surface area contributed by atoms with Crippen LogP contribution in [-0.4, -0.2) is 5.24 Å². The number of rotatable bonds is 2. The van der Waals surface area contributed by atoms with Gasteiger partial charge in [-0.25, -0.2) is 0 Å². The summed E-state index contributed by atoms with van der Waals surface area (Å²) >= 11 is 6.93. The average molecular weight is 211 g/mol. The quantitative estimate of drug-likeness (QED) is 0.696. The molecule has 0 saturated heterocycles. The van der Waals surface area contributed by atoms with Crippen LogP contribution in [0, 0.1) is 0 Å². The van der Waals surface area contributed by atoms with Crippen LogP contribution < -0.4 is 0 Å². The molecule has 0 spiro atoms. The lowest BCUT2D eigenvalue weighted by atomic mass is 10.2. The second kappa shape index (κ2) is 3.48. The van der Waals surface area contributed by atoms with E-state index >= 15 is 0 Å². The van der Waals surface area contributed by atoms with Crippen molar-refractivity contribution < 1.29 is 4.79 Å². The highest BCUT2D eigenvalue weighted by molar-refractivity contribution is 7.19. The molecule has 2 aromatic rings. The minimum Gasteiger partial charge on any atom is -0.281 e. The molecule has 3 heteroatoms. The third-order valence-electron chi connectivity index (χ3n) is 1.79. The van der Waals surface area contributed by atoms with E-state index in [2.05, 4.69) is 0 Å². The third-order valence-corrected chi connectivity index (χ3v) is 3.04. The van der Waals surface area contributed by atoms with Gasteiger partial charge in [-0.15, -0.1) is 11.3 Å². The minimum atomic E-state index is -0.299. The molecular formula is C10H7ClOS. The van der Waals surface area contributed by atoms with Gasteiger partial charge in [-0.3, -0.25) is 4.79 Å². The summed E-state index contributed by atoms with van der Waals surface area (Å²) in [5.74, 6) is 0. The molecule has 0 fully saturated rings. The van der Waals surface area contributed by atoms with Crippen molar-refractivity contribution in [1.29, 1.82) is 0 Å². The maximum absolute atomic E-state index is 10.7. The Hall–Kier alpha value is -0.860. The zero-order valence-corrected chi connectivity index (χ0v) is 8.36. The first-order valence-electron chi connectivity index (χ1n) is 3.91. The van der Waals surface area contributed by atoms with Gasteiger partial charge in [0.15, 0.2) is 0 Å². The summed E-state index contributed by atoms with van der Waals surface area (Å²) in [5.41, 5.74) is 0. The molecule has 1 aromatic carbocycles. The van der Waals surface area contributed by atoms with Gasteiger partial charge in [0.1, 0.15) is 0 Å². The topological polar surface area (TPSA) is 17.1 Å². The van der Waals surface area contributed by atoms with Crippen LogP contribution in [0.4, 0.5) is 0 Å². The Labute approximate surface area is 84.9 Å². The summed E-state index contributed by atoms with van der Waals surface area (Å²) in [5, 5.41) is 0.881. The zero-order valence-electron chi connectivity index (χ0n) is 6.79. The highest BCUT2D eigenvalue weighted by Crippen LogP contribution is 2.25. The van der Waals surface area contributed by atoms with Gasteiger partial charge in [0.05, 0.1) is 6.42 Å². The van der Waals surface area contributed by atoms with E-state index in [4.69, 9.17) is 11.6 Å².